The number of benzene rings is 1. The Balaban J connectivity index is 1.59. The molecule has 0 fully saturated rings. The standard InChI is InChI=1S/C19H25N3O3/c1-12-14(13(2)25-22-12)9-10-20-18(23)21-16-11-19(3,4)24-17-8-6-5-7-15(16)17/h5-8,16H,9-11H2,1-4H3,(H2,20,21,23)/t16-/m0/s1. The number of carbonyl (C=O) groups is 1. The third kappa shape index (κ3) is 3.95. The molecule has 0 saturated carbocycles. The molecule has 0 bridgehead atoms. The van der Waals surface area contributed by atoms with Crippen LogP contribution in [-0.4, -0.2) is 23.3 Å². The fraction of sp³-hybridized carbons (Fsp3) is 0.474. The zero-order valence-electron chi connectivity index (χ0n) is 15.2. The second kappa shape index (κ2) is 6.78. The van der Waals surface area contributed by atoms with Crippen LogP contribution in [0.4, 0.5) is 4.79 Å². The fourth-order valence-electron chi connectivity index (χ4n) is 3.30. The molecule has 2 aromatic rings. The van der Waals surface area contributed by atoms with Crippen LogP contribution in [0.1, 0.15) is 48.9 Å². The minimum absolute atomic E-state index is 0.0704. The molecule has 1 aromatic heterocycles. The summed E-state index contributed by atoms with van der Waals surface area (Å²) in [5.41, 5.74) is 2.63. The van der Waals surface area contributed by atoms with Crippen molar-refractivity contribution in [3.63, 3.8) is 0 Å². The summed E-state index contributed by atoms with van der Waals surface area (Å²) >= 11 is 0. The molecule has 6 nitrogen and oxygen atoms in total. The summed E-state index contributed by atoms with van der Waals surface area (Å²) in [5, 5.41) is 9.92. The molecular formula is C19H25N3O3. The van der Waals surface area contributed by atoms with Gasteiger partial charge in [0.25, 0.3) is 0 Å². The molecule has 1 aromatic carbocycles. The summed E-state index contributed by atoms with van der Waals surface area (Å²) in [6, 6.07) is 7.61. The maximum absolute atomic E-state index is 12.3. The molecule has 3 rings (SSSR count). The van der Waals surface area contributed by atoms with Crippen molar-refractivity contribution in [1.82, 2.24) is 15.8 Å². The molecule has 1 aliphatic rings. The molecule has 0 unspecified atom stereocenters. The van der Waals surface area contributed by atoms with Crippen LogP contribution in [0.3, 0.4) is 0 Å². The second-order valence-corrected chi connectivity index (χ2v) is 7.11. The van der Waals surface area contributed by atoms with Crippen molar-refractivity contribution in [2.24, 2.45) is 0 Å². The highest BCUT2D eigenvalue weighted by atomic mass is 16.5. The summed E-state index contributed by atoms with van der Waals surface area (Å²) in [4.78, 5) is 12.3. The van der Waals surface area contributed by atoms with Gasteiger partial charge in [-0.3, -0.25) is 0 Å². The normalized spacial score (nSPS) is 18.2. The van der Waals surface area contributed by atoms with E-state index in [0.717, 1.165) is 34.8 Å². The first-order valence-electron chi connectivity index (χ1n) is 8.60. The highest BCUT2D eigenvalue weighted by molar-refractivity contribution is 5.74. The Morgan fingerprint density at radius 1 is 1.32 bits per heavy atom. The van der Waals surface area contributed by atoms with Crippen LogP contribution in [0.25, 0.3) is 0 Å². The number of nitrogens with zero attached hydrogens (tertiary/aromatic N) is 1. The Kier molecular flexibility index (Phi) is 4.70. The van der Waals surface area contributed by atoms with Crippen molar-refractivity contribution < 1.29 is 14.1 Å². The van der Waals surface area contributed by atoms with Gasteiger partial charge in [0.1, 0.15) is 17.1 Å². The van der Waals surface area contributed by atoms with Crippen LogP contribution < -0.4 is 15.4 Å². The molecule has 2 amide bonds. The topological polar surface area (TPSA) is 76.4 Å². The van der Waals surface area contributed by atoms with Crippen LogP contribution in [0.2, 0.25) is 0 Å². The molecule has 1 aliphatic heterocycles. The predicted molar refractivity (Wildman–Crippen MR) is 94.7 cm³/mol. The number of hydrogen-bond acceptors (Lipinski definition) is 4. The average Bonchev–Trinajstić information content (AvgIpc) is 2.85. The Morgan fingerprint density at radius 3 is 2.80 bits per heavy atom. The van der Waals surface area contributed by atoms with Gasteiger partial charge in [-0.1, -0.05) is 23.4 Å². The van der Waals surface area contributed by atoms with E-state index in [1.165, 1.54) is 0 Å². The lowest BCUT2D eigenvalue weighted by Gasteiger charge is -2.37. The van der Waals surface area contributed by atoms with Gasteiger partial charge in [-0.2, -0.15) is 0 Å². The zero-order chi connectivity index (χ0) is 18.0. The molecule has 0 spiro atoms. The summed E-state index contributed by atoms with van der Waals surface area (Å²) in [6.07, 6.45) is 1.42. The Labute approximate surface area is 147 Å². The van der Waals surface area contributed by atoms with E-state index >= 15 is 0 Å². The molecule has 2 heterocycles. The van der Waals surface area contributed by atoms with E-state index < -0.39 is 0 Å². The molecule has 6 heteroatoms. The van der Waals surface area contributed by atoms with E-state index in [-0.39, 0.29) is 17.7 Å². The first kappa shape index (κ1) is 17.3. The summed E-state index contributed by atoms with van der Waals surface area (Å²) < 4.78 is 11.1. The van der Waals surface area contributed by atoms with Crippen molar-refractivity contribution in [2.45, 2.75) is 52.2 Å². The van der Waals surface area contributed by atoms with Crippen LogP contribution in [-0.2, 0) is 6.42 Å². The third-order valence-corrected chi connectivity index (χ3v) is 4.52. The lowest BCUT2D eigenvalue weighted by atomic mass is 9.90. The molecule has 0 radical (unpaired) electrons. The van der Waals surface area contributed by atoms with Crippen LogP contribution >= 0.6 is 0 Å². The summed E-state index contributed by atoms with van der Waals surface area (Å²) in [6.45, 7) is 8.40. The predicted octanol–water partition coefficient (Wildman–Crippen LogP) is 3.44. The molecule has 2 N–H and O–H groups in total. The number of para-hydroxylation sites is 1. The van der Waals surface area contributed by atoms with Crippen molar-refractivity contribution in [3.05, 3.63) is 46.8 Å². The number of fused-ring (bicyclic) bond motifs is 1. The summed E-state index contributed by atoms with van der Waals surface area (Å²) in [7, 11) is 0. The van der Waals surface area contributed by atoms with Gasteiger partial charge in [-0.15, -0.1) is 0 Å². The fourth-order valence-corrected chi connectivity index (χ4v) is 3.30. The van der Waals surface area contributed by atoms with Gasteiger partial charge in [0.05, 0.1) is 11.7 Å². The molecule has 25 heavy (non-hydrogen) atoms. The Bertz CT molecular complexity index is 748. The van der Waals surface area contributed by atoms with Crippen LogP contribution in [0, 0.1) is 13.8 Å². The van der Waals surface area contributed by atoms with Gasteiger partial charge >= 0.3 is 6.03 Å². The van der Waals surface area contributed by atoms with Crippen molar-refractivity contribution in [3.8, 4) is 5.75 Å². The number of ether oxygens (including phenoxy) is 1. The van der Waals surface area contributed by atoms with E-state index in [1.54, 1.807) is 0 Å². The lowest BCUT2D eigenvalue weighted by Crippen LogP contribution is -2.44. The highest BCUT2D eigenvalue weighted by Crippen LogP contribution is 2.39. The number of hydrogen-bond donors (Lipinski definition) is 2. The SMILES string of the molecule is Cc1noc(C)c1CCNC(=O)N[C@H]1CC(C)(C)Oc2ccccc21. The van der Waals surface area contributed by atoms with Crippen molar-refractivity contribution in [2.75, 3.05) is 6.54 Å². The first-order valence-corrected chi connectivity index (χ1v) is 8.60. The number of nitrogens with one attached hydrogen (secondary N) is 2. The monoisotopic (exact) mass is 343 g/mol. The number of carbonyl (C=O) groups excluding carboxylic acids is 1. The van der Waals surface area contributed by atoms with E-state index in [9.17, 15) is 4.79 Å². The number of aryl methyl sites for hydroxylation is 2. The summed E-state index contributed by atoms with van der Waals surface area (Å²) in [5.74, 6) is 1.64. The molecule has 0 saturated heterocycles. The molecular weight excluding hydrogens is 318 g/mol. The first-order chi connectivity index (χ1) is 11.9. The largest absolute Gasteiger partial charge is 0.487 e. The van der Waals surface area contributed by atoms with Crippen LogP contribution in [0.15, 0.2) is 28.8 Å². The van der Waals surface area contributed by atoms with Gasteiger partial charge in [0.15, 0.2) is 0 Å². The van der Waals surface area contributed by atoms with E-state index in [1.807, 2.05) is 52.0 Å². The van der Waals surface area contributed by atoms with Crippen molar-refractivity contribution in [1.29, 1.82) is 0 Å². The molecule has 134 valence electrons. The highest BCUT2D eigenvalue weighted by Gasteiger charge is 2.34. The minimum atomic E-state index is -0.316. The smallest absolute Gasteiger partial charge is 0.315 e. The maximum atomic E-state index is 12.3. The van der Waals surface area contributed by atoms with Gasteiger partial charge in [0, 0.05) is 24.1 Å². The molecule has 0 aliphatic carbocycles. The maximum Gasteiger partial charge on any atom is 0.315 e. The van der Waals surface area contributed by atoms with Crippen LogP contribution in [0.5, 0.6) is 5.75 Å². The third-order valence-electron chi connectivity index (χ3n) is 4.52. The van der Waals surface area contributed by atoms with E-state index in [2.05, 4.69) is 15.8 Å². The second-order valence-electron chi connectivity index (χ2n) is 7.11. The average molecular weight is 343 g/mol. The minimum Gasteiger partial charge on any atom is -0.487 e. The number of amides is 2. The molecule has 1 atom stereocenters. The number of urea groups is 1. The number of aromatic nitrogens is 1. The lowest BCUT2D eigenvalue weighted by molar-refractivity contribution is 0.0679. The van der Waals surface area contributed by atoms with Gasteiger partial charge in [-0.25, -0.2) is 4.79 Å². The zero-order valence-corrected chi connectivity index (χ0v) is 15.2. The van der Waals surface area contributed by atoms with Gasteiger partial charge in [0.2, 0.25) is 0 Å². The van der Waals surface area contributed by atoms with E-state index in [0.29, 0.717) is 13.0 Å². The quantitative estimate of drug-likeness (QED) is 0.892. The van der Waals surface area contributed by atoms with Crippen molar-refractivity contribution >= 4 is 6.03 Å². The van der Waals surface area contributed by atoms with E-state index in [4.69, 9.17) is 9.26 Å². The van der Waals surface area contributed by atoms with Gasteiger partial charge in [-0.05, 0) is 40.2 Å². The number of rotatable bonds is 4. The Hall–Kier alpha value is -2.50. The Morgan fingerprint density at radius 2 is 2.08 bits per heavy atom. The van der Waals surface area contributed by atoms with Gasteiger partial charge < -0.3 is 19.9 Å².